The normalized spacial score (nSPS) is 15.0. The summed E-state index contributed by atoms with van der Waals surface area (Å²) < 4.78 is 24.0. The minimum atomic E-state index is -3.14. The fourth-order valence-corrected chi connectivity index (χ4v) is 3.19. The number of nitrogens with zero attached hydrogens (tertiary/aromatic N) is 1. The monoisotopic (exact) mass is 306 g/mol. The SMILES string of the molecule is CCCNC(c1cccc2cccnc12)C(C)S(C)(=O)=O. The summed E-state index contributed by atoms with van der Waals surface area (Å²) in [5.74, 6) is 0. The lowest BCUT2D eigenvalue weighted by Gasteiger charge is -2.25. The number of hydrogen-bond acceptors (Lipinski definition) is 4. The molecule has 2 atom stereocenters. The van der Waals surface area contributed by atoms with Gasteiger partial charge < -0.3 is 5.32 Å². The van der Waals surface area contributed by atoms with Gasteiger partial charge in [0.2, 0.25) is 0 Å². The van der Waals surface area contributed by atoms with E-state index in [1.54, 1.807) is 13.1 Å². The van der Waals surface area contributed by atoms with E-state index in [0.29, 0.717) is 0 Å². The summed E-state index contributed by atoms with van der Waals surface area (Å²) in [5.41, 5.74) is 1.81. The molecule has 114 valence electrons. The molecule has 0 fully saturated rings. The van der Waals surface area contributed by atoms with Crippen LogP contribution in [-0.4, -0.2) is 31.5 Å². The quantitative estimate of drug-likeness (QED) is 0.891. The number of pyridine rings is 1. The Morgan fingerprint density at radius 3 is 2.62 bits per heavy atom. The van der Waals surface area contributed by atoms with Gasteiger partial charge in [-0.1, -0.05) is 31.2 Å². The first-order valence-electron chi connectivity index (χ1n) is 7.21. The molecule has 2 unspecified atom stereocenters. The van der Waals surface area contributed by atoms with E-state index in [0.717, 1.165) is 29.4 Å². The molecule has 4 nitrogen and oxygen atoms in total. The molecule has 0 spiro atoms. The summed E-state index contributed by atoms with van der Waals surface area (Å²) in [6, 6.07) is 9.54. The number of fused-ring (bicyclic) bond motifs is 1. The van der Waals surface area contributed by atoms with Crippen molar-refractivity contribution in [3.63, 3.8) is 0 Å². The van der Waals surface area contributed by atoms with Crippen molar-refractivity contribution in [1.82, 2.24) is 10.3 Å². The van der Waals surface area contributed by atoms with Crippen molar-refractivity contribution >= 4 is 20.7 Å². The molecular formula is C16H22N2O2S. The fraction of sp³-hybridized carbons (Fsp3) is 0.438. The van der Waals surface area contributed by atoms with Crippen LogP contribution < -0.4 is 5.32 Å². The first-order chi connectivity index (χ1) is 9.95. The van der Waals surface area contributed by atoms with Crippen LogP contribution in [0.15, 0.2) is 36.5 Å². The van der Waals surface area contributed by atoms with Gasteiger partial charge in [-0.3, -0.25) is 4.98 Å². The lowest BCUT2D eigenvalue weighted by molar-refractivity contribution is 0.502. The van der Waals surface area contributed by atoms with Crippen LogP contribution in [0.2, 0.25) is 0 Å². The molecule has 21 heavy (non-hydrogen) atoms. The first kappa shape index (κ1) is 15.9. The molecular weight excluding hydrogens is 284 g/mol. The van der Waals surface area contributed by atoms with Gasteiger partial charge in [-0.2, -0.15) is 0 Å². The predicted octanol–water partition coefficient (Wildman–Crippen LogP) is 2.71. The summed E-state index contributed by atoms with van der Waals surface area (Å²) in [7, 11) is -3.14. The average molecular weight is 306 g/mol. The van der Waals surface area contributed by atoms with Crippen molar-refractivity contribution in [3.05, 3.63) is 42.1 Å². The zero-order valence-corrected chi connectivity index (χ0v) is 13.5. The van der Waals surface area contributed by atoms with E-state index >= 15 is 0 Å². The minimum Gasteiger partial charge on any atom is -0.309 e. The molecule has 0 saturated carbocycles. The van der Waals surface area contributed by atoms with Gasteiger partial charge in [-0.05, 0) is 31.5 Å². The van der Waals surface area contributed by atoms with Crippen molar-refractivity contribution in [2.24, 2.45) is 0 Å². The van der Waals surface area contributed by atoms with Gasteiger partial charge in [0.25, 0.3) is 0 Å². The van der Waals surface area contributed by atoms with Crippen molar-refractivity contribution in [1.29, 1.82) is 0 Å². The molecule has 0 aliphatic rings. The van der Waals surface area contributed by atoms with Gasteiger partial charge in [-0.15, -0.1) is 0 Å². The summed E-state index contributed by atoms with van der Waals surface area (Å²) in [4.78, 5) is 4.44. The van der Waals surface area contributed by atoms with Crippen LogP contribution >= 0.6 is 0 Å². The van der Waals surface area contributed by atoms with Gasteiger partial charge in [-0.25, -0.2) is 8.42 Å². The first-order valence-corrected chi connectivity index (χ1v) is 9.16. The van der Waals surface area contributed by atoms with Crippen LogP contribution in [0, 0.1) is 0 Å². The maximum atomic E-state index is 12.0. The van der Waals surface area contributed by atoms with Crippen LogP contribution in [0.3, 0.4) is 0 Å². The molecule has 1 aromatic heterocycles. The molecule has 0 bridgehead atoms. The molecule has 0 radical (unpaired) electrons. The Kier molecular flexibility index (Phi) is 4.96. The van der Waals surface area contributed by atoms with Crippen LogP contribution in [-0.2, 0) is 9.84 Å². The summed E-state index contributed by atoms with van der Waals surface area (Å²) in [6.07, 6.45) is 3.98. The zero-order valence-electron chi connectivity index (χ0n) is 12.7. The van der Waals surface area contributed by atoms with Crippen LogP contribution in [0.4, 0.5) is 0 Å². The van der Waals surface area contributed by atoms with Gasteiger partial charge in [0.05, 0.1) is 16.8 Å². The summed E-state index contributed by atoms with van der Waals surface area (Å²) in [5, 5.41) is 3.89. The maximum absolute atomic E-state index is 12.0. The molecule has 0 aliphatic heterocycles. The van der Waals surface area contributed by atoms with E-state index in [1.165, 1.54) is 6.26 Å². The highest BCUT2D eigenvalue weighted by molar-refractivity contribution is 7.91. The van der Waals surface area contributed by atoms with Gasteiger partial charge in [0.1, 0.15) is 0 Å². The van der Waals surface area contributed by atoms with Gasteiger partial charge in [0.15, 0.2) is 9.84 Å². The third kappa shape index (κ3) is 3.60. The average Bonchev–Trinajstić information content (AvgIpc) is 2.46. The Hall–Kier alpha value is -1.46. The molecule has 0 amide bonds. The van der Waals surface area contributed by atoms with E-state index in [9.17, 15) is 8.42 Å². The standard InChI is InChI=1S/C16H22N2O2S/c1-4-10-17-15(12(2)21(3,19)20)14-9-5-7-13-8-6-11-18-16(13)14/h5-9,11-12,15,17H,4,10H2,1-3H3. The number of hydrogen-bond donors (Lipinski definition) is 1. The smallest absolute Gasteiger partial charge is 0.151 e. The van der Waals surface area contributed by atoms with Crippen molar-refractivity contribution in [3.8, 4) is 0 Å². The van der Waals surface area contributed by atoms with Gasteiger partial charge in [0, 0.05) is 17.8 Å². The van der Waals surface area contributed by atoms with Crippen LogP contribution in [0.1, 0.15) is 31.9 Å². The highest BCUT2D eigenvalue weighted by atomic mass is 32.2. The second-order valence-electron chi connectivity index (χ2n) is 5.39. The maximum Gasteiger partial charge on any atom is 0.151 e. The Morgan fingerprint density at radius 1 is 1.24 bits per heavy atom. The Labute approximate surface area is 126 Å². The van der Waals surface area contributed by atoms with Crippen molar-refractivity contribution in [2.45, 2.75) is 31.6 Å². The number of rotatable bonds is 6. The number of para-hydroxylation sites is 1. The minimum absolute atomic E-state index is 0.251. The Balaban J connectivity index is 2.53. The highest BCUT2D eigenvalue weighted by Gasteiger charge is 2.28. The number of nitrogens with one attached hydrogen (secondary N) is 1. The molecule has 0 aliphatic carbocycles. The van der Waals surface area contributed by atoms with E-state index in [2.05, 4.69) is 17.2 Å². The van der Waals surface area contributed by atoms with Gasteiger partial charge >= 0.3 is 0 Å². The second kappa shape index (κ2) is 6.54. The largest absolute Gasteiger partial charge is 0.309 e. The molecule has 0 saturated heterocycles. The van der Waals surface area contributed by atoms with E-state index < -0.39 is 15.1 Å². The van der Waals surface area contributed by atoms with Crippen molar-refractivity contribution in [2.75, 3.05) is 12.8 Å². The summed E-state index contributed by atoms with van der Waals surface area (Å²) >= 11 is 0. The van der Waals surface area contributed by atoms with Crippen molar-refractivity contribution < 1.29 is 8.42 Å². The van der Waals surface area contributed by atoms with E-state index in [4.69, 9.17) is 0 Å². The topological polar surface area (TPSA) is 59.1 Å². The molecule has 1 N–H and O–H groups in total. The van der Waals surface area contributed by atoms with E-state index in [1.807, 2.05) is 30.3 Å². The third-order valence-electron chi connectivity index (χ3n) is 3.76. The molecule has 1 heterocycles. The van der Waals surface area contributed by atoms with E-state index in [-0.39, 0.29) is 6.04 Å². The molecule has 2 rings (SSSR count). The zero-order chi connectivity index (χ0) is 15.5. The Morgan fingerprint density at radius 2 is 1.95 bits per heavy atom. The second-order valence-corrected chi connectivity index (χ2v) is 7.79. The third-order valence-corrected chi connectivity index (χ3v) is 5.38. The predicted molar refractivity (Wildman–Crippen MR) is 87.1 cm³/mol. The van der Waals surface area contributed by atoms with Crippen LogP contribution in [0.5, 0.6) is 0 Å². The fourth-order valence-electron chi connectivity index (χ4n) is 2.45. The lowest BCUT2D eigenvalue weighted by atomic mass is 10.0. The number of benzene rings is 1. The highest BCUT2D eigenvalue weighted by Crippen LogP contribution is 2.27. The Bertz CT molecular complexity index is 708. The van der Waals surface area contributed by atoms with Crippen LogP contribution in [0.25, 0.3) is 10.9 Å². The molecule has 2 aromatic rings. The molecule has 1 aromatic carbocycles. The number of aromatic nitrogens is 1. The molecule has 5 heteroatoms. The summed E-state index contributed by atoms with van der Waals surface area (Å²) in [6.45, 7) is 4.59. The number of sulfone groups is 1. The lowest BCUT2D eigenvalue weighted by Crippen LogP contribution is -2.35.